The second-order valence-corrected chi connectivity index (χ2v) is 8.17. The van der Waals surface area contributed by atoms with Crippen LogP contribution in [0.3, 0.4) is 0 Å². The minimum absolute atomic E-state index is 0.0251. The van der Waals surface area contributed by atoms with Crippen LogP contribution in [0.5, 0.6) is 0 Å². The monoisotopic (exact) mass is 425 g/mol. The lowest BCUT2D eigenvalue weighted by atomic mass is 10.3. The van der Waals surface area contributed by atoms with Gasteiger partial charge in [-0.3, -0.25) is 24.2 Å². The Hall–Kier alpha value is -1.71. The van der Waals surface area contributed by atoms with Gasteiger partial charge in [0.05, 0.1) is 6.54 Å². The number of nitrogens with zero attached hydrogens (tertiary/aromatic N) is 3. The van der Waals surface area contributed by atoms with E-state index in [4.69, 9.17) is 5.11 Å². The second kappa shape index (κ2) is 12.8. The van der Waals surface area contributed by atoms with E-state index in [0.717, 1.165) is 52.1 Å². The van der Waals surface area contributed by atoms with Gasteiger partial charge in [-0.05, 0) is 39.3 Å². The molecule has 2 rings (SSSR count). The molecule has 166 valence electrons. The molecule has 29 heavy (non-hydrogen) atoms. The molecule has 0 aromatic heterocycles. The van der Waals surface area contributed by atoms with Gasteiger partial charge in [0.25, 0.3) is 0 Å². The van der Waals surface area contributed by atoms with E-state index >= 15 is 0 Å². The Kier molecular flexibility index (Phi) is 10.4. The average molecular weight is 425 g/mol. The normalized spacial score (nSPS) is 21.2. The van der Waals surface area contributed by atoms with Crippen molar-refractivity contribution >= 4 is 17.8 Å². The van der Waals surface area contributed by atoms with Gasteiger partial charge in [-0.1, -0.05) is 0 Å². The molecule has 2 saturated heterocycles. The van der Waals surface area contributed by atoms with E-state index in [2.05, 4.69) is 32.4 Å². The first-order chi connectivity index (χ1) is 13.9. The molecule has 2 fully saturated rings. The van der Waals surface area contributed by atoms with Crippen molar-refractivity contribution in [1.82, 2.24) is 25.3 Å². The van der Waals surface area contributed by atoms with Crippen LogP contribution in [0.25, 0.3) is 0 Å². The molecular weight excluding hydrogens is 388 g/mol. The Morgan fingerprint density at radius 3 is 2.28 bits per heavy atom. The highest BCUT2D eigenvalue weighted by Gasteiger charge is 2.28. The van der Waals surface area contributed by atoms with Crippen LogP contribution in [0, 0.1) is 0 Å². The minimum Gasteiger partial charge on any atom is -0.481 e. The second-order valence-electron chi connectivity index (χ2n) is 8.17. The maximum absolute atomic E-state index is 12.3. The van der Waals surface area contributed by atoms with Crippen molar-refractivity contribution in [3.8, 4) is 0 Å². The smallest absolute Gasteiger partial charge is 0.303 e. The zero-order valence-electron chi connectivity index (χ0n) is 17.7. The Balaban J connectivity index is 1.55. The number of likely N-dealkylation sites (N-methyl/N-ethyl adjacent to an activating group) is 1. The van der Waals surface area contributed by atoms with Gasteiger partial charge in [0.2, 0.25) is 11.8 Å². The number of carboxylic acids is 1. The number of hydrogen-bond acceptors (Lipinski definition) is 6. The predicted octanol–water partition coefficient (Wildman–Crippen LogP) is -0.424. The summed E-state index contributed by atoms with van der Waals surface area (Å²) in [6.45, 7) is 7.74. The van der Waals surface area contributed by atoms with Gasteiger partial charge in [-0.2, -0.15) is 0 Å². The van der Waals surface area contributed by atoms with Gasteiger partial charge >= 0.3 is 5.97 Å². The number of amides is 2. The Morgan fingerprint density at radius 2 is 1.59 bits per heavy atom. The lowest BCUT2D eigenvalue weighted by Gasteiger charge is -2.36. The topological polar surface area (TPSA) is 105 Å². The molecule has 0 saturated carbocycles. The Bertz CT molecular complexity index is 537. The lowest BCUT2D eigenvalue weighted by molar-refractivity contribution is -0.137. The molecule has 2 aliphatic rings. The fourth-order valence-electron chi connectivity index (χ4n) is 3.91. The summed E-state index contributed by atoms with van der Waals surface area (Å²) in [4.78, 5) is 41.5. The van der Waals surface area contributed by atoms with Crippen molar-refractivity contribution in [3.63, 3.8) is 0 Å². The largest absolute Gasteiger partial charge is 0.481 e. The highest BCUT2D eigenvalue weighted by molar-refractivity contribution is 5.78. The molecule has 1 unspecified atom stereocenters. The number of likely N-dealkylation sites (tertiary alicyclic amines) is 1. The number of carbonyl (C=O) groups is 3. The van der Waals surface area contributed by atoms with Crippen LogP contribution >= 0.6 is 0 Å². The summed E-state index contributed by atoms with van der Waals surface area (Å²) in [7, 11) is 2.16. The molecule has 1 atom stereocenters. The molecule has 0 aromatic carbocycles. The zero-order valence-corrected chi connectivity index (χ0v) is 17.7. The first-order valence-electron chi connectivity index (χ1n) is 10.8. The van der Waals surface area contributed by atoms with Gasteiger partial charge in [0, 0.05) is 64.7 Å². The van der Waals surface area contributed by atoms with Crippen LogP contribution in [0.15, 0.2) is 0 Å². The van der Waals surface area contributed by atoms with E-state index < -0.39 is 5.97 Å². The maximum atomic E-state index is 12.3. The molecule has 0 aromatic rings. The van der Waals surface area contributed by atoms with Crippen LogP contribution in [0.4, 0.5) is 0 Å². The predicted molar refractivity (Wildman–Crippen MR) is 111 cm³/mol. The van der Waals surface area contributed by atoms with Crippen molar-refractivity contribution in [2.45, 2.75) is 44.6 Å². The SMILES string of the molecule is C[15N]1[13CH2][13CH2]N([13CH2]C2CCC[15N]2CC(=O)[15NH][13CH2][13CH2][13CH2][13C](=O)NCC[13CH2][13C](=O)O)[13CH2][13CH2]1. The number of aliphatic carboxylic acids is 1. The van der Waals surface area contributed by atoms with Gasteiger partial charge in [0.15, 0.2) is 0 Å². The number of piperazine rings is 1. The number of carboxylic acid groups (broad SMARTS) is 1. The number of hydrogen-bond donors (Lipinski definition) is 3. The highest BCUT2D eigenvalue weighted by Crippen LogP contribution is 2.18. The summed E-state index contributed by atoms with van der Waals surface area (Å²) >= 11 is 0. The average Bonchev–Trinajstić information content (AvgIpc) is 3.10. The molecule has 0 aliphatic carbocycles. The first kappa shape index (κ1) is 23.6. The van der Waals surface area contributed by atoms with Crippen molar-refractivity contribution in [2.75, 3.05) is 66.0 Å². The summed E-state index contributed by atoms with van der Waals surface area (Å²) < 4.78 is 0. The number of rotatable bonds is 12. The fourth-order valence-corrected chi connectivity index (χ4v) is 3.91. The Morgan fingerprint density at radius 1 is 0.931 bits per heavy atom. The molecule has 2 aliphatic heterocycles. The molecule has 3 N–H and O–H groups in total. The standard InChI is InChI=1S/C20H37N5O4/c1-23-11-13-24(14-12-23)15-17-5-4-10-25(17)16-19(27)22-8-2-6-18(26)21-9-3-7-20(28)29/h17H,2-16H2,1H3,(H,21,26)(H,22,27)(H,28,29)/i2+1,6+1,7+1,8+1,11+1,12+1,13+1,14+1,15+1,18+1,20+1,22+1,23+1,25+1. The number of nitrogens with one attached hydrogen (secondary N) is 2. The van der Waals surface area contributed by atoms with Gasteiger partial charge in [-0.15, -0.1) is 0 Å². The van der Waals surface area contributed by atoms with Crippen LogP contribution in [0.2, 0.25) is 0 Å². The molecule has 9 heteroatoms. The van der Waals surface area contributed by atoms with Crippen molar-refractivity contribution < 1.29 is 19.5 Å². The first-order valence-corrected chi connectivity index (χ1v) is 10.8. The van der Waals surface area contributed by atoms with Gasteiger partial charge in [0.1, 0.15) is 0 Å². The summed E-state index contributed by atoms with van der Waals surface area (Å²) in [6, 6.07) is 0.459. The molecule has 0 radical (unpaired) electrons. The van der Waals surface area contributed by atoms with Crippen LogP contribution < -0.4 is 10.6 Å². The van der Waals surface area contributed by atoms with E-state index in [9.17, 15) is 14.4 Å². The summed E-state index contributed by atoms with van der Waals surface area (Å²) in [5, 5.41) is 14.2. The van der Waals surface area contributed by atoms with Crippen LogP contribution in [-0.2, 0) is 14.4 Å². The van der Waals surface area contributed by atoms with E-state index in [-0.39, 0.29) is 18.2 Å². The molecule has 0 bridgehead atoms. The van der Waals surface area contributed by atoms with Crippen molar-refractivity contribution in [3.05, 3.63) is 0 Å². The third-order valence-electron chi connectivity index (χ3n) is 5.70. The van der Waals surface area contributed by atoms with E-state index in [1.165, 1.54) is 0 Å². The van der Waals surface area contributed by atoms with Crippen LogP contribution in [-0.4, -0.2) is 110 Å². The fraction of sp³-hybridized carbons (Fsp3) is 0.850. The number of carbonyl (C=O) groups excluding carboxylic acids is 2. The van der Waals surface area contributed by atoms with E-state index in [1.54, 1.807) is 0 Å². The summed E-state index contributed by atoms with van der Waals surface area (Å²) in [6.07, 6.45) is 3.71. The maximum Gasteiger partial charge on any atom is 0.303 e. The third kappa shape index (κ3) is 9.56. The third-order valence-corrected chi connectivity index (χ3v) is 5.70. The van der Waals surface area contributed by atoms with Crippen molar-refractivity contribution in [2.24, 2.45) is 0 Å². The molecular formula is C20H37N5O4. The van der Waals surface area contributed by atoms with Crippen molar-refractivity contribution in [1.29, 1.82) is 0 Å². The Labute approximate surface area is 173 Å². The molecule has 2 heterocycles. The lowest BCUT2D eigenvalue weighted by Crippen LogP contribution is -2.50. The van der Waals surface area contributed by atoms with E-state index in [1.807, 2.05) is 0 Å². The summed E-state index contributed by atoms with van der Waals surface area (Å²) in [5.74, 6) is -0.931. The van der Waals surface area contributed by atoms with Gasteiger partial charge in [-0.25, -0.2) is 0 Å². The molecule has 2 amide bonds. The van der Waals surface area contributed by atoms with E-state index in [0.29, 0.717) is 44.9 Å². The quantitative estimate of drug-likeness (QED) is 0.222. The minimum atomic E-state index is -0.856. The zero-order chi connectivity index (χ0) is 21.1. The van der Waals surface area contributed by atoms with Crippen LogP contribution in [0.1, 0.15) is 38.5 Å². The highest BCUT2D eigenvalue weighted by atomic mass is 16.5. The molecule has 0 spiro atoms. The summed E-state index contributed by atoms with van der Waals surface area (Å²) in [5.41, 5.74) is 0. The molecule has 9 nitrogen and oxygen atoms in total. The van der Waals surface area contributed by atoms with Gasteiger partial charge < -0.3 is 20.6 Å².